The molecule has 1 heterocycles. The number of nitrogens with one attached hydrogen (secondary N) is 1. The molecule has 0 spiro atoms. The van der Waals surface area contributed by atoms with Crippen molar-refractivity contribution in [3.63, 3.8) is 0 Å². The first-order valence-electron chi connectivity index (χ1n) is 9.15. The van der Waals surface area contributed by atoms with Gasteiger partial charge in [0.15, 0.2) is 17.5 Å². The Morgan fingerprint density at radius 2 is 1.77 bits per heavy atom. The predicted octanol–water partition coefficient (Wildman–Crippen LogP) is 3.79. The Kier molecular flexibility index (Phi) is 6.86. The molecule has 0 atom stereocenters. The molecular formula is C22H18F3N3O3. The Morgan fingerprint density at radius 3 is 2.45 bits per heavy atom. The summed E-state index contributed by atoms with van der Waals surface area (Å²) in [7, 11) is 1.39. The van der Waals surface area contributed by atoms with E-state index in [0.29, 0.717) is 24.0 Å². The number of benzene rings is 2. The van der Waals surface area contributed by atoms with Crippen molar-refractivity contribution < 1.29 is 27.5 Å². The predicted molar refractivity (Wildman–Crippen MR) is 107 cm³/mol. The number of ether oxygens (including phenoxy) is 1. The normalized spacial score (nSPS) is 10.5. The van der Waals surface area contributed by atoms with Crippen molar-refractivity contribution in [3.8, 4) is 5.75 Å². The van der Waals surface area contributed by atoms with E-state index in [1.807, 2.05) is 6.07 Å². The van der Waals surface area contributed by atoms with Gasteiger partial charge in [0.2, 0.25) is 5.91 Å². The fourth-order valence-corrected chi connectivity index (χ4v) is 2.66. The van der Waals surface area contributed by atoms with Gasteiger partial charge in [0.05, 0.1) is 12.2 Å². The van der Waals surface area contributed by atoms with E-state index in [-0.39, 0.29) is 0 Å². The third-order valence-corrected chi connectivity index (χ3v) is 4.27. The van der Waals surface area contributed by atoms with Gasteiger partial charge >= 0.3 is 0 Å². The number of hydrogen-bond donors (Lipinski definition) is 1. The van der Waals surface area contributed by atoms with Gasteiger partial charge in [-0.3, -0.25) is 14.6 Å². The standard InChI is InChI=1S/C22H18F3N3O3/c1-28(12-19(29)27-18-9-8-17(23)20(24)21(18)25)22(30)15-4-6-16(7-5-15)31-13-14-3-2-10-26-11-14/h2-11H,12-13H2,1H3,(H,27,29). The van der Waals surface area contributed by atoms with Gasteiger partial charge in [-0.25, -0.2) is 13.2 Å². The van der Waals surface area contributed by atoms with Crippen LogP contribution in [-0.4, -0.2) is 35.3 Å². The van der Waals surface area contributed by atoms with Crippen LogP contribution in [0.4, 0.5) is 18.9 Å². The molecule has 0 fully saturated rings. The highest BCUT2D eigenvalue weighted by Crippen LogP contribution is 2.20. The number of halogens is 3. The molecule has 1 N–H and O–H groups in total. The highest BCUT2D eigenvalue weighted by Gasteiger charge is 2.18. The van der Waals surface area contributed by atoms with Crippen molar-refractivity contribution >= 4 is 17.5 Å². The fraction of sp³-hybridized carbons (Fsp3) is 0.136. The maximum absolute atomic E-state index is 13.7. The molecule has 2 aromatic carbocycles. The quantitative estimate of drug-likeness (QED) is 0.580. The number of aromatic nitrogens is 1. The second-order valence-corrected chi connectivity index (χ2v) is 6.61. The molecule has 0 saturated heterocycles. The highest BCUT2D eigenvalue weighted by atomic mass is 19.2. The highest BCUT2D eigenvalue weighted by molar-refractivity contribution is 5.99. The van der Waals surface area contributed by atoms with Gasteiger partial charge in [-0.1, -0.05) is 6.07 Å². The lowest BCUT2D eigenvalue weighted by Crippen LogP contribution is -2.35. The molecule has 0 aliphatic heterocycles. The molecule has 0 bridgehead atoms. The second kappa shape index (κ2) is 9.75. The fourth-order valence-electron chi connectivity index (χ4n) is 2.66. The number of rotatable bonds is 7. The van der Waals surface area contributed by atoms with Crippen LogP contribution in [0.2, 0.25) is 0 Å². The lowest BCUT2D eigenvalue weighted by molar-refractivity contribution is -0.116. The summed E-state index contributed by atoms with van der Waals surface area (Å²) in [4.78, 5) is 29.7. The summed E-state index contributed by atoms with van der Waals surface area (Å²) in [6.45, 7) is -0.0989. The van der Waals surface area contributed by atoms with Crippen molar-refractivity contribution in [2.75, 3.05) is 18.9 Å². The van der Waals surface area contributed by atoms with E-state index in [1.54, 1.807) is 42.7 Å². The van der Waals surface area contributed by atoms with Gasteiger partial charge in [0.1, 0.15) is 12.4 Å². The first-order chi connectivity index (χ1) is 14.8. The zero-order valence-corrected chi connectivity index (χ0v) is 16.4. The topological polar surface area (TPSA) is 71.5 Å². The molecule has 0 unspecified atom stereocenters. The largest absolute Gasteiger partial charge is 0.489 e. The van der Waals surface area contributed by atoms with E-state index in [4.69, 9.17) is 4.74 Å². The van der Waals surface area contributed by atoms with E-state index < -0.39 is 41.5 Å². The molecule has 1 aromatic heterocycles. The Labute approximate surface area is 176 Å². The van der Waals surface area contributed by atoms with Crippen LogP contribution in [0.15, 0.2) is 60.9 Å². The average Bonchev–Trinajstić information content (AvgIpc) is 2.78. The molecule has 0 aliphatic rings. The molecule has 9 heteroatoms. The van der Waals surface area contributed by atoms with Crippen LogP contribution in [-0.2, 0) is 11.4 Å². The molecule has 160 valence electrons. The number of hydrogen-bond acceptors (Lipinski definition) is 4. The van der Waals surface area contributed by atoms with E-state index >= 15 is 0 Å². The number of nitrogens with zero attached hydrogens (tertiary/aromatic N) is 2. The first-order valence-corrected chi connectivity index (χ1v) is 9.15. The molecule has 3 rings (SSSR count). The Bertz CT molecular complexity index is 1080. The van der Waals surface area contributed by atoms with Crippen LogP contribution in [0.5, 0.6) is 5.75 Å². The molecule has 0 radical (unpaired) electrons. The van der Waals surface area contributed by atoms with Crippen LogP contribution >= 0.6 is 0 Å². The molecule has 0 aliphatic carbocycles. The molecule has 3 aromatic rings. The molecular weight excluding hydrogens is 411 g/mol. The number of carbonyl (C=O) groups is 2. The van der Waals surface area contributed by atoms with E-state index in [0.717, 1.165) is 16.5 Å². The summed E-state index contributed by atoms with van der Waals surface area (Å²) in [6.07, 6.45) is 3.35. The lowest BCUT2D eigenvalue weighted by Gasteiger charge is -2.17. The zero-order valence-electron chi connectivity index (χ0n) is 16.4. The SMILES string of the molecule is CN(CC(=O)Nc1ccc(F)c(F)c1F)C(=O)c1ccc(OCc2cccnc2)cc1. The van der Waals surface area contributed by atoms with E-state index in [2.05, 4.69) is 10.3 Å². The van der Waals surface area contributed by atoms with E-state index in [9.17, 15) is 22.8 Å². The number of pyridine rings is 1. The maximum Gasteiger partial charge on any atom is 0.254 e. The average molecular weight is 429 g/mol. The Hall–Kier alpha value is -3.88. The minimum Gasteiger partial charge on any atom is -0.489 e. The van der Waals surface area contributed by atoms with Gasteiger partial charge in [0.25, 0.3) is 5.91 Å². The Morgan fingerprint density at radius 1 is 1.03 bits per heavy atom. The van der Waals surface area contributed by atoms with Crippen molar-refractivity contribution in [1.29, 1.82) is 0 Å². The van der Waals surface area contributed by atoms with Crippen LogP contribution in [0, 0.1) is 17.5 Å². The maximum atomic E-state index is 13.7. The summed E-state index contributed by atoms with van der Waals surface area (Å²) < 4.78 is 45.5. The van der Waals surface area contributed by atoms with Gasteiger partial charge in [-0.2, -0.15) is 0 Å². The zero-order chi connectivity index (χ0) is 22.4. The van der Waals surface area contributed by atoms with Gasteiger partial charge in [-0.05, 0) is 42.5 Å². The second-order valence-electron chi connectivity index (χ2n) is 6.61. The van der Waals surface area contributed by atoms with Crippen LogP contribution in [0.3, 0.4) is 0 Å². The third kappa shape index (κ3) is 5.59. The van der Waals surface area contributed by atoms with Crippen LogP contribution < -0.4 is 10.1 Å². The van der Waals surface area contributed by atoms with Crippen molar-refractivity contribution in [2.45, 2.75) is 6.61 Å². The Balaban J connectivity index is 1.55. The summed E-state index contributed by atoms with van der Waals surface area (Å²) >= 11 is 0. The molecule has 2 amide bonds. The number of likely N-dealkylation sites (N-methyl/N-ethyl adjacent to an activating group) is 1. The van der Waals surface area contributed by atoms with Gasteiger partial charge in [0, 0.05) is 30.6 Å². The first kappa shape index (κ1) is 21.8. The summed E-state index contributed by atoms with van der Waals surface area (Å²) in [5.74, 6) is -5.24. The minimum absolute atomic E-state index is 0.308. The summed E-state index contributed by atoms with van der Waals surface area (Å²) in [5, 5.41) is 2.12. The minimum atomic E-state index is -1.69. The summed E-state index contributed by atoms with van der Waals surface area (Å²) in [5.41, 5.74) is 0.689. The van der Waals surface area contributed by atoms with Crippen molar-refractivity contribution in [2.24, 2.45) is 0 Å². The number of amides is 2. The number of carbonyl (C=O) groups excluding carboxylic acids is 2. The van der Waals surface area contributed by atoms with E-state index in [1.165, 1.54) is 7.05 Å². The van der Waals surface area contributed by atoms with Crippen molar-refractivity contribution in [3.05, 3.63) is 89.5 Å². The van der Waals surface area contributed by atoms with Crippen LogP contribution in [0.25, 0.3) is 0 Å². The molecule has 31 heavy (non-hydrogen) atoms. The summed E-state index contributed by atoms with van der Waals surface area (Å²) in [6, 6.07) is 11.6. The third-order valence-electron chi connectivity index (χ3n) is 4.27. The van der Waals surface area contributed by atoms with Gasteiger partial charge in [-0.15, -0.1) is 0 Å². The van der Waals surface area contributed by atoms with Crippen molar-refractivity contribution in [1.82, 2.24) is 9.88 Å². The van der Waals surface area contributed by atoms with Crippen LogP contribution in [0.1, 0.15) is 15.9 Å². The molecule has 6 nitrogen and oxygen atoms in total. The van der Waals surface area contributed by atoms with Gasteiger partial charge < -0.3 is 15.0 Å². The molecule has 0 saturated carbocycles. The monoisotopic (exact) mass is 429 g/mol. The number of anilines is 1. The smallest absolute Gasteiger partial charge is 0.254 e. The lowest BCUT2D eigenvalue weighted by atomic mass is 10.2.